The summed E-state index contributed by atoms with van der Waals surface area (Å²) in [7, 11) is 1.99. The van der Waals surface area contributed by atoms with Gasteiger partial charge in [0.25, 0.3) is 0 Å². The topological polar surface area (TPSA) is 80.1 Å². The number of hydrogen-bond donors (Lipinski definition) is 2. The molecule has 4 unspecified atom stereocenters. The molecule has 0 spiro atoms. The molecule has 4 heterocycles. The van der Waals surface area contributed by atoms with Crippen molar-refractivity contribution in [3.8, 4) is 0 Å². The molecule has 144 valence electrons. The van der Waals surface area contributed by atoms with Crippen LogP contribution in [-0.4, -0.2) is 52.1 Å². The van der Waals surface area contributed by atoms with Crippen LogP contribution in [0, 0.1) is 5.92 Å². The van der Waals surface area contributed by atoms with Crippen molar-refractivity contribution in [1.29, 1.82) is 0 Å². The fraction of sp³-hybridized carbons (Fsp3) is 0.632. The van der Waals surface area contributed by atoms with Gasteiger partial charge in [-0.2, -0.15) is 5.10 Å². The van der Waals surface area contributed by atoms with Crippen LogP contribution in [0.2, 0.25) is 0 Å². The molecule has 0 amide bonds. The number of nitrogens with one attached hydrogen (secondary N) is 2. The molecule has 3 fully saturated rings. The molecule has 0 aromatic carbocycles. The van der Waals surface area contributed by atoms with E-state index in [9.17, 15) is 0 Å². The molecule has 8 nitrogen and oxygen atoms in total. The number of aromatic nitrogens is 4. The van der Waals surface area contributed by atoms with Gasteiger partial charge in [-0.3, -0.25) is 10.1 Å². The molecule has 2 saturated heterocycles. The number of rotatable bonds is 3. The van der Waals surface area contributed by atoms with Crippen molar-refractivity contribution >= 4 is 5.82 Å². The fourth-order valence-corrected chi connectivity index (χ4v) is 4.80. The maximum Gasteiger partial charge on any atom is 0.132 e. The van der Waals surface area contributed by atoms with Crippen molar-refractivity contribution in [2.24, 2.45) is 13.0 Å². The molecule has 1 saturated carbocycles. The number of nitrogens with zero attached hydrogens (tertiary/aromatic N) is 5. The highest BCUT2D eigenvalue weighted by Crippen LogP contribution is 2.43. The van der Waals surface area contributed by atoms with Crippen LogP contribution in [-0.2, 0) is 11.8 Å². The molecule has 2 aromatic rings. The minimum Gasteiger partial charge on any atom is -0.378 e. The summed E-state index contributed by atoms with van der Waals surface area (Å²) in [6.07, 6.45) is 9.43. The number of fused-ring (bicyclic) bond motifs is 1. The highest BCUT2D eigenvalue weighted by molar-refractivity contribution is 5.40. The normalized spacial score (nSPS) is 31.1. The maximum atomic E-state index is 5.46. The van der Waals surface area contributed by atoms with E-state index in [1.165, 1.54) is 18.4 Å². The van der Waals surface area contributed by atoms with E-state index in [-0.39, 0.29) is 6.04 Å². The van der Waals surface area contributed by atoms with Gasteiger partial charge in [-0.25, -0.2) is 15.4 Å². The molecule has 2 N–H and O–H groups in total. The van der Waals surface area contributed by atoms with Crippen LogP contribution >= 0.6 is 0 Å². The molecule has 27 heavy (non-hydrogen) atoms. The van der Waals surface area contributed by atoms with E-state index in [0.717, 1.165) is 44.2 Å². The van der Waals surface area contributed by atoms with Gasteiger partial charge >= 0.3 is 0 Å². The third-order valence-corrected chi connectivity index (χ3v) is 6.28. The first-order valence-corrected chi connectivity index (χ1v) is 9.92. The van der Waals surface area contributed by atoms with E-state index in [1.807, 2.05) is 17.9 Å². The molecular formula is C19H27N7O. The van der Waals surface area contributed by atoms with Crippen molar-refractivity contribution in [3.63, 3.8) is 0 Å². The Hall–Kier alpha value is -2.03. The second kappa shape index (κ2) is 7.18. The van der Waals surface area contributed by atoms with Gasteiger partial charge in [0.15, 0.2) is 0 Å². The number of ether oxygens (including phenoxy) is 1. The molecule has 0 radical (unpaired) electrons. The quantitative estimate of drug-likeness (QED) is 0.840. The summed E-state index contributed by atoms with van der Waals surface area (Å²) < 4.78 is 7.37. The van der Waals surface area contributed by atoms with Gasteiger partial charge in [-0.1, -0.05) is 0 Å². The zero-order chi connectivity index (χ0) is 18.2. The summed E-state index contributed by atoms with van der Waals surface area (Å²) in [4.78, 5) is 11.4. The Morgan fingerprint density at radius 3 is 2.85 bits per heavy atom. The zero-order valence-electron chi connectivity index (χ0n) is 15.7. The van der Waals surface area contributed by atoms with Gasteiger partial charge in [-0.15, -0.1) is 0 Å². The summed E-state index contributed by atoms with van der Waals surface area (Å²) in [6.45, 7) is 3.31. The Bertz CT molecular complexity index is 788. The molecule has 8 heteroatoms. The molecule has 0 bridgehead atoms. The number of anilines is 1. The lowest BCUT2D eigenvalue weighted by Gasteiger charge is -2.33. The lowest BCUT2D eigenvalue weighted by molar-refractivity contribution is 0.122. The summed E-state index contributed by atoms with van der Waals surface area (Å²) >= 11 is 0. The average molecular weight is 369 g/mol. The van der Waals surface area contributed by atoms with E-state index in [4.69, 9.17) is 4.74 Å². The van der Waals surface area contributed by atoms with Crippen LogP contribution in [0.1, 0.15) is 42.5 Å². The summed E-state index contributed by atoms with van der Waals surface area (Å²) in [5.74, 6) is 2.11. The Morgan fingerprint density at radius 1 is 1.15 bits per heavy atom. The van der Waals surface area contributed by atoms with Crippen molar-refractivity contribution < 1.29 is 4.74 Å². The molecule has 5 rings (SSSR count). The number of hydrogen-bond acceptors (Lipinski definition) is 7. The van der Waals surface area contributed by atoms with Gasteiger partial charge in [0.05, 0.1) is 31.1 Å². The predicted octanol–water partition coefficient (Wildman–Crippen LogP) is 1.15. The van der Waals surface area contributed by atoms with E-state index < -0.39 is 0 Å². The highest BCUT2D eigenvalue weighted by atomic mass is 16.5. The molecular weight excluding hydrogens is 342 g/mol. The minimum atomic E-state index is 0.220. The van der Waals surface area contributed by atoms with Gasteiger partial charge in [0.1, 0.15) is 12.1 Å². The van der Waals surface area contributed by atoms with Crippen molar-refractivity contribution in [1.82, 2.24) is 30.6 Å². The molecule has 2 aliphatic heterocycles. The lowest BCUT2D eigenvalue weighted by Crippen LogP contribution is -2.37. The second-order valence-electron chi connectivity index (χ2n) is 7.89. The Kier molecular flexibility index (Phi) is 4.55. The Labute approximate surface area is 159 Å². The average Bonchev–Trinajstić information content (AvgIpc) is 3.34. The summed E-state index contributed by atoms with van der Waals surface area (Å²) in [5.41, 5.74) is 9.48. The van der Waals surface area contributed by atoms with E-state index in [2.05, 4.69) is 43.1 Å². The van der Waals surface area contributed by atoms with Crippen molar-refractivity contribution in [2.45, 2.75) is 37.3 Å². The predicted molar refractivity (Wildman–Crippen MR) is 101 cm³/mol. The summed E-state index contributed by atoms with van der Waals surface area (Å²) in [6, 6.07) is 2.88. The summed E-state index contributed by atoms with van der Waals surface area (Å²) in [5, 5.41) is 4.37. The first-order valence-electron chi connectivity index (χ1n) is 9.92. The first kappa shape index (κ1) is 17.1. The maximum absolute atomic E-state index is 5.46. The minimum absolute atomic E-state index is 0.220. The number of aryl methyl sites for hydroxylation is 1. The molecule has 1 aliphatic carbocycles. The van der Waals surface area contributed by atoms with Crippen LogP contribution in [0.25, 0.3) is 0 Å². The third-order valence-electron chi connectivity index (χ3n) is 6.28. The van der Waals surface area contributed by atoms with Crippen LogP contribution < -0.4 is 15.8 Å². The Balaban J connectivity index is 1.35. The first-order chi connectivity index (χ1) is 13.3. The van der Waals surface area contributed by atoms with Crippen LogP contribution in [0.5, 0.6) is 0 Å². The van der Waals surface area contributed by atoms with Crippen molar-refractivity contribution in [2.75, 3.05) is 31.2 Å². The van der Waals surface area contributed by atoms with E-state index in [1.54, 1.807) is 6.33 Å². The fourth-order valence-electron chi connectivity index (χ4n) is 4.80. The van der Waals surface area contributed by atoms with Gasteiger partial charge in [0.2, 0.25) is 0 Å². The van der Waals surface area contributed by atoms with Crippen LogP contribution in [0.3, 0.4) is 0 Å². The molecule has 2 aromatic heterocycles. The van der Waals surface area contributed by atoms with E-state index in [0.29, 0.717) is 17.9 Å². The molecule has 3 aliphatic rings. The van der Waals surface area contributed by atoms with Gasteiger partial charge in [0, 0.05) is 38.4 Å². The largest absolute Gasteiger partial charge is 0.378 e. The lowest BCUT2D eigenvalue weighted by atomic mass is 9.73. The standard InChI is InChI=1S/C19H27N7O/c1-25-11-14(10-22-25)13-2-3-16-15(8-13)19(24-23-16)17-9-18(21-12-20-17)26-4-6-27-7-5-26/h9-13,15-16,19,23-24H,2-8H2,1H3. The van der Waals surface area contributed by atoms with Gasteiger partial charge < -0.3 is 9.64 Å². The Morgan fingerprint density at radius 2 is 2.04 bits per heavy atom. The monoisotopic (exact) mass is 369 g/mol. The zero-order valence-corrected chi connectivity index (χ0v) is 15.7. The van der Waals surface area contributed by atoms with Crippen LogP contribution in [0.15, 0.2) is 24.8 Å². The molecule has 4 atom stereocenters. The van der Waals surface area contributed by atoms with Gasteiger partial charge in [-0.05, 0) is 36.7 Å². The third kappa shape index (κ3) is 3.33. The van der Waals surface area contributed by atoms with Crippen LogP contribution in [0.4, 0.5) is 5.82 Å². The SMILES string of the molecule is Cn1cc(C2CCC3NNC(c4cc(N5CCOCC5)ncn4)C3C2)cn1. The van der Waals surface area contributed by atoms with E-state index >= 15 is 0 Å². The second-order valence-corrected chi connectivity index (χ2v) is 7.89. The van der Waals surface area contributed by atoms with Crippen molar-refractivity contribution in [3.05, 3.63) is 36.0 Å². The highest BCUT2D eigenvalue weighted by Gasteiger charge is 2.42. The smallest absolute Gasteiger partial charge is 0.132 e. The number of morpholine rings is 1. The number of hydrazine groups is 1.